The molecule has 2 aromatic heterocycles. The van der Waals surface area contributed by atoms with E-state index in [-0.39, 0.29) is 18.3 Å². The molecule has 0 unspecified atom stereocenters. The van der Waals surface area contributed by atoms with Gasteiger partial charge in [0, 0.05) is 12.6 Å². The smallest absolute Gasteiger partial charge is 0.274 e. The lowest BCUT2D eigenvalue weighted by atomic mass is 10.1. The first kappa shape index (κ1) is 13.5. The van der Waals surface area contributed by atoms with Gasteiger partial charge in [0.15, 0.2) is 5.69 Å². The second-order valence-electron chi connectivity index (χ2n) is 4.83. The summed E-state index contributed by atoms with van der Waals surface area (Å²) in [6.45, 7) is 2.27. The van der Waals surface area contributed by atoms with Crippen molar-refractivity contribution in [1.82, 2.24) is 14.7 Å². The summed E-state index contributed by atoms with van der Waals surface area (Å²) in [5, 5.41) is 6.54. The maximum absolute atomic E-state index is 14.1. The van der Waals surface area contributed by atoms with E-state index in [4.69, 9.17) is 4.84 Å². The van der Waals surface area contributed by atoms with Gasteiger partial charge in [0.1, 0.15) is 11.8 Å². The van der Waals surface area contributed by atoms with Gasteiger partial charge in [-0.2, -0.15) is 4.39 Å². The zero-order chi connectivity index (χ0) is 14.8. The summed E-state index contributed by atoms with van der Waals surface area (Å²) >= 11 is 0. The predicted molar refractivity (Wildman–Crippen MR) is 74.7 cm³/mol. The number of rotatable bonds is 4. The van der Waals surface area contributed by atoms with E-state index in [9.17, 15) is 9.18 Å². The highest BCUT2D eigenvalue weighted by Crippen LogP contribution is 2.13. The average molecular weight is 290 g/mol. The normalized spacial score (nSPS) is 17.6. The van der Waals surface area contributed by atoms with Gasteiger partial charge in [0.2, 0.25) is 5.95 Å². The number of nitrogens with zero attached hydrogens (tertiary/aromatic N) is 3. The minimum atomic E-state index is -0.666. The molecule has 1 aliphatic rings. The highest BCUT2D eigenvalue weighted by molar-refractivity contribution is 5.93. The van der Waals surface area contributed by atoms with Crippen molar-refractivity contribution in [3.05, 3.63) is 36.0 Å². The van der Waals surface area contributed by atoms with Crippen LogP contribution in [-0.4, -0.2) is 33.7 Å². The Morgan fingerprint density at radius 3 is 3.14 bits per heavy atom. The fourth-order valence-electron chi connectivity index (χ4n) is 2.21. The van der Waals surface area contributed by atoms with Gasteiger partial charge in [-0.1, -0.05) is 18.1 Å². The van der Waals surface area contributed by atoms with E-state index < -0.39 is 11.9 Å². The van der Waals surface area contributed by atoms with Crippen molar-refractivity contribution in [2.45, 2.75) is 25.9 Å². The summed E-state index contributed by atoms with van der Waals surface area (Å²) in [6, 6.07) is 5.05. The van der Waals surface area contributed by atoms with Gasteiger partial charge in [0.05, 0.1) is 12.3 Å². The molecule has 0 saturated heterocycles. The number of aromatic nitrogens is 2. The molecular formula is C14H15FN4O2. The summed E-state index contributed by atoms with van der Waals surface area (Å²) in [7, 11) is 0. The summed E-state index contributed by atoms with van der Waals surface area (Å²) in [5.41, 5.74) is 1.15. The van der Waals surface area contributed by atoms with Gasteiger partial charge in [-0.15, -0.1) is 0 Å². The van der Waals surface area contributed by atoms with Crippen LogP contribution in [0.2, 0.25) is 0 Å². The molecule has 1 N–H and O–H groups in total. The highest BCUT2D eigenvalue weighted by atomic mass is 19.1. The van der Waals surface area contributed by atoms with Crippen molar-refractivity contribution < 1.29 is 14.0 Å². The number of carbonyl (C=O) groups is 1. The maximum atomic E-state index is 14.1. The zero-order valence-electron chi connectivity index (χ0n) is 11.5. The monoisotopic (exact) mass is 290 g/mol. The maximum Gasteiger partial charge on any atom is 0.274 e. The minimum Gasteiger partial charge on any atom is -0.390 e. The Kier molecular flexibility index (Phi) is 3.55. The molecule has 0 saturated carbocycles. The first-order valence-electron chi connectivity index (χ1n) is 6.81. The number of amides is 1. The average Bonchev–Trinajstić information content (AvgIpc) is 3.10. The summed E-state index contributed by atoms with van der Waals surface area (Å²) in [6.07, 6.45) is 2.84. The van der Waals surface area contributed by atoms with Gasteiger partial charge in [-0.05, 0) is 18.6 Å². The summed E-state index contributed by atoms with van der Waals surface area (Å²) in [5.74, 6) is -1.22. The van der Waals surface area contributed by atoms with Crippen LogP contribution < -0.4 is 5.32 Å². The number of hydrogen-bond acceptors (Lipinski definition) is 4. The van der Waals surface area contributed by atoms with Gasteiger partial charge in [0.25, 0.3) is 5.91 Å². The Labute approximate surface area is 120 Å². The fourth-order valence-corrected chi connectivity index (χ4v) is 2.21. The second-order valence-corrected chi connectivity index (χ2v) is 4.83. The molecule has 6 nitrogen and oxygen atoms in total. The summed E-state index contributed by atoms with van der Waals surface area (Å²) < 4.78 is 15.3. The largest absolute Gasteiger partial charge is 0.390 e. The Hall–Kier alpha value is -2.44. The van der Waals surface area contributed by atoms with E-state index in [1.807, 2.05) is 6.92 Å². The Morgan fingerprint density at radius 2 is 2.43 bits per heavy atom. The van der Waals surface area contributed by atoms with E-state index in [1.54, 1.807) is 18.2 Å². The minimum absolute atomic E-state index is 0.191. The van der Waals surface area contributed by atoms with Crippen molar-refractivity contribution >= 4 is 17.3 Å². The molecule has 7 heteroatoms. The van der Waals surface area contributed by atoms with Crippen LogP contribution in [0.5, 0.6) is 0 Å². The standard InChI is InChI=1S/C14H15FN4O2/c1-2-9-7-10(21-18-9)8-16-14(20)12-13(15)19-6-4-3-5-11(19)17-12/h3-6,10H,2,7-8H2,1H3,(H,16,20)/t10-/m0/s1. The molecule has 3 heterocycles. The van der Waals surface area contributed by atoms with E-state index in [1.165, 1.54) is 10.6 Å². The molecule has 0 aromatic carbocycles. The molecule has 1 amide bonds. The lowest BCUT2D eigenvalue weighted by molar-refractivity contribution is 0.0749. The van der Waals surface area contributed by atoms with Crippen LogP contribution in [0.15, 0.2) is 29.6 Å². The van der Waals surface area contributed by atoms with Gasteiger partial charge < -0.3 is 10.2 Å². The lowest BCUT2D eigenvalue weighted by Crippen LogP contribution is -2.33. The molecule has 21 heavy (non-hydrogen) atoms. The first-order valence-corrected chi connectivity index (χ1v) is 6.81. The lowest BCUT2D eigenvalue weighted by Gasteiger charge is -2.08. The van der Waals surface area contributed by atoms with Crippen molar-refractivity contribution in [2.24, 2.45) is 5.16 Å². The Bertz CT molecular complexity index is 710. The Balaban J connectivity index is 1.66. The molecule has 110 valence electrons. The van der Waals surface area contributed by atoms with Crippen LogP contribution in [0, 0.1) is 5.95 Å². The molecule has 3 rings (SSSR count). The topological polar surface area (TPSA) is 68.0 Å². The Morgan fingerprint density at radius 1 is 1.57 bits per heavy atom. The van der Waals surface area contributed by atoms with E-state index in [0.717, 1.165) is 12.1 Å². The van der Waals surface area contributed by atoms with Crippen LogP contribution in [-0.2, 0) is 4.84 Å². The number of carbonyl (C=O) groups excluding carboxylic acids is 1. The third-order valence-electron chi connectivity index (χ3n) is 3.38. The molecule has 0 fully saturated rings. The van der Waals surface area contributed by atoms with Crippen LogP contribution in [0.3, 0.4) is 0 Å². The van der Waals surface area contributed by atoms with Crippen molar-refractivity contribution in [1.29, 1.82) is 0 Å². The molecule has 1 aliphatic heterocycles. The third kappa shape index (κ3) is 2.58. The number of hydrogen-bond donors (Lipinski definition) is 1. The first-order chi connectivity index (χ1) is 10.2. The molecular weight excluding hydrogens is 275 g/mol. The SMILES string of the molecule is CCC1=NO[C@H](CNC(=O)c2nc3ccccn3c2F)C1. The summed E-state index contributed by atoms with van der Waals surface area (Å²) in [4.78, 5) is 21.2. The molecule has 2 aromatic rings. The van der Waals surface area contributed by atoms with Gasteiger partial charge >= 0.3 is 0 Å². The molecule has 0 aliphatic carbocycles. The van der Waals surface area contributed by atoms with Gasteiger partial charge in [-0.3, -0.25) is 9.20 Å². The fraction of sp³-hybridized carbons (Fsp3) is 0.357. The number of halogens is 1. The van der Waals surface area contributed by atoms with Crippen molar-refractivity contribution in [2.75, 3.05) is 6.54 Å². The number of oxime groups is 1. The quantitative estimate of drug-likeness (QED) is 0.933. The van der Waals surface area contributed by atoms with Crippen LogP contribution >= 0.6 is 0 Å². The van der Waals surface area contributed by atoms with E-state index in [2.05, 4.69) is 15.5 Å². The number of nitrogens with one attached hydrogen (secondary N) is 1. The second kappa shape index (κ2) is 5.51. The highest BCUT2D eigenvalue weighted by Gasteiger charge is 2.23. The molecule has 0 bridgehead atoms. The van der Waals surface area contributed by atoms with Crippen LogP contribution in [0.1, 0.15) is 30.3 Å². The number of pyridine rings is 1. The van der Waals surface area contributed by atoms with Crippen molar-refractivity contribution in [3.8, 4) is 0 Å². The number of imidazole rings is 1. The van der Waals surface area contributed by atoms with Crippen LogP contribution in [0.4, 0.5) is 4.39 Å². The van der Waals surface area contributed by atoms with E-state index in [0.29, 0.717) is 12.1 Å². The predicted octanol–water partition coefficient (Wildman–Crippen LogP) is 1.76. The van der Waals surface area contributed by atoms with Crippen LogP contribution in [0.25, 0.3) is 5.65 Å². The molecule has 1 atom stereocenters. The molecule has 0 radical (unpaired) electrons. The van der Waals surface area contributed by atoms with Crippen molar-refractivity contribution in [3.63, 3.8) is 0 Å². The number of fused-ring (bicyclic) bond motifs is 1. The molecule has 0 spiro atoms. The third-order valence-corrected chi connectivity index (χ3v) is 3.38. The zero-order valence-corrected chi connectivity index (χ0v) is 11.5. The van der Waals surface area contributed by atoms with E-state index >= 15 is 0 Å². The van der Waals surface area contributed by atoms with Gasteiger partial charge in [-0.25, -0.2) is 4.98 Å².